The molecule has 4 heterocycles. The van der Waals surface area contributed by atoms with Crippen LogP contribution in [0.4, 0.5) is 19.0 Å². The summed E-state index contributed by atoms with van der Waals surface area (Å²) in [6.45, 7) is 7.15. The lowest BCUT2D eigenvalue weighted by Crippen LogP contribution is -2.48. The van der Waals surface area contributed by atoms with Crippen molar-refractivity contribution in [3.63, 3.8) is 0 Å². The second kappa shape index (κ2) is 7.46. The number of hydrogen-bond acceptors (Lipinski definition) is 5. The van der Waals surface area contributed by atoms with Crippen molar-refractivity contribution in [2.75, 3.05) is 31.1 Å². The smallest absolute Gasteiger partial charge is 0.355 e. The van der Waals surface area contributed by atoms with E-state index >= 15 is 0 Å². The lowest BCUT2D eigenvalue weighted by atomic mass is 9.89. The highest BCUT2D eigenvalue weighted by Gasteiger charge is 2.38. The van der Waals surface area contributed by atoms with E-state index in [4.69, 9.17) is 0 Å². The predicted octanol–water partition coefficient (Wildman–Crippen LogP) is 2.86. The Morgan fingerprint density at radius 1 is 1.07 bits per heavy atom. The van der Waals surface area contributed by atoms with E-state index in [2.05, 4.69) is 29.1 Å². The lowest BCUT2D eigenvalue weighted by Gasteiger charge is -2.39. The SMILES string of the molecule is CC1CC(C)CN(C(=O)C2CCN(c3ccc4nnc(C(F)(F)F)n4n3)CC2)C1. The van der Waals surface area contributed by atoms with Crippen molar-refractivity contribution in [1.82, 2.24) is 24.7 Å². The third-order valence-corrected chi connectivity index (χ3v) is 5.85. The summed E-state index contributed by atoms with van der Waals surface area (Å²) in [6, 6.07) is 3.14. The molecule has 7 nitrogen and oxygen atoms in total. The van der Waals surface area contributed by atoms with E-state index in [0.29, 0.717) is 43.6 Å². The van der Waals surface area contributed by atoms with Crippen molar-refractivity contribution in [3.8, 4) is 0 Å². The molecule has 4 rings (SSSR count). The summed E-state index contributed by atoms with van der Waals surface area (Å²) in [5.41, 5.74) is 0.0551. The number of rotatable bonds is 2. The molecule has 2 fully saturated rings. The molecule has 2 atom stereocenters. The zero-order valence-electron chi connectivity index (χ0n) is 16.6. The highest BCUT2D eigenvalue weighted by molar-refractivity contribution is 5.79. The number of anilines is 1. The summed E-state index contributed by atoms with van der Waals surface area (Å²) in [6.07, 6.45) is -2.12. The molecule has 0 spiro atoms. The molecule has 2 aromatic heterocycles. The molecule has 0 radical (unpaired) electrons. The van der Waals surface area contributed by atoms with Gasteiger partial charge in [-0.2, -0.15) is 17.7 Å². The fourth-order valence-electron chi connectivity index (χ4n) is 4.58. The van der Waals surface area contributed by atoms with Gasteiger partial charge in [-0.05, 0) is 43.2 Å². The molecule has 2 aliphatic heterocycles. The molecule has 0 saturated carbocycles. The van der Waals surface area contributed by atoms with E-state index in [9.17, 15) is 18.0 Å². The largest absolute Gasteiger partial charge is 0.453 e. The summed E-state index contributed by atoms with van der Waals surface area (Å²) in [5.74, 6) is 0.523. The molecule has 0 N–H and O–H groups in total. The van der Waals surface area contributed by atoms with Crippen LogP contribution >= 0.6 is 0 Å². The highest BCUT2D eigenvalue weighted by Crippen LogP contribution is 2.30. The van der Waals surface area contributed by atoms with Crippen LogP contribution < -0.4 is 4.90 Å². The summed E-state index contributed by atoms with van der Waals surface area (Å²) >= 11 is 0. The number of carbonyl (C=O) groups excluding carboxylic acids is 1. The maximum absolute atomic E-state index is 13.1. The summed E-state index contributed by atoms with van der Waals surface area (Å²) < 4.78 is 40.0. The van der Waals surface area contributed by atoms with E-state index in [1.165, 1.54) is 6.07 Å². The molecular weight excluding hydrogens is 385 g/mol. The number of aromatic nitrogens is 4. The standard InChI is InChI=1S/C19H25F3N6O/c1-12-9-13(2)11-27(10-12)17(29)14-5-7-26(8-6-14)16-4-3-15-23-24-18(19(20,21)22)28(15)25-16/h3-4,12-14H,5-11H2,1-2H3. The first-order valence-electron chi connectivity index (χ1n) is 10.1. The topological polar surface area (TPSA) is 66.6 Å². The second-order valence-corrected chi connectivity index (χ2v) is 8.43. The Bertz CT molecular complexity index is 880. The molecule has 158 valence electrons. The molecule has 1 amide bonds. The zero-order valence-corrected chi connectivity index (χ0v) is 16.6. The average molecular weight is 410 g/mol. The Morgan fingerprint density at radius 2 is 1.72 bits per heavy atom. The number of hydrogen-bond donors (Lipinski definition) is 0. The number of amides is 1. The molecule has 10 heteroatoms. The first-order chi connectivity index (χ1) is 13.7. The Labute approximate surface area is 166 Å². The minimum atomic E-state index is -4.62. The Morgan fingerprint density at radius 3 is 2.34 bits per heavy atom. The van der Waals surface area contributed by atoms with Crippen molar-refractivity contribution in [1.29, 1.82) is 0 Å². The fourth-order valence-corrected chi connectivity index (χ4v) is 4.58. The minimum Gasteiger partial charge on any atom is -0.355 e. The number of carbonyl (C=O) groups is 1. The van der Waals surface area contributed by atoms with Gasteiger partial charge in [-0.1, -0.05) is 13.8 Å². The minimum absolute atomic E-state index is 0.0341. The third-order valence-electron chi connectivity index (χ3n) is 5.85. The van der Waals surface area contributed by atoms with Crippen LogP contribution in [0.1, 0.15) is 38.9 Å². The van der Waals surface area contributed by atoms with Crippen molar-refractivity contribution in [3.05, 3.63) is 18.0 Å². The molecule has 2 unspecified atom stereocenters. The number of halogens is 3. The molecule has 0 aliphatic carbocycles. The molecule has 2 saturated heterocycles. The van der Waals surface area contributed by atoms with Gasteiger partial charge >= 0.3 is 6.18 Å². The maximum atomic E-state index is 13.1. The van der Waals surface area contributed by atoms with Gasteiger partial charge in [-0.25, -0.2) is 0 Å². The van der Waals surface area contributed by atoms with Crippen LogP contribution in [0.25, 0.3) is 5.65 Å². The zero-order chi connectivity index (χ0) is 20.8. The first-order valence-corrected chi connectivity index (χ1v) is 10.1. The predicted molar refractivity (Wildman–Crippen MR) is 100 cm³/mol. The van der Waals surface area contributed by atoms with Crippen LogP contribution in [0.2, 0.25) is 0 Å². The third kappa shape index (κ3) is 4.02. The van der Waals surface area contributed by atoms with Crippen molar-refractivity contribution >= 4 is 17.4 Å². The van der Waals surface area contributed by atoms with Crippen molar-refractivity contribution in [2.45, 2.75) is 39.3 Å². The molecule has 2 aliphatic rings. The van der Waals surface area contributed by atoms with Crippen LogP contribution in [0.5, 0.6) is 0 Å². The molecule has 0 aromatic carbocycles. The van der Waals surface area contributed by atoms with Gasteiger partial charge in [0, 0.05) is 32.1 Å². The second-order valence-electron chi connectivity index (χ2n) is 8.43. The van der Waals surface area contributed by atoms with Gasteiger partial charge in [0.2, 0.25) is 5.91 Å². The van der Waals surface area contributed by atoms with Gasteiger partial charge in [0.25, 0.3) is 5.82 Å². The number of piperidine rings is 2. The van der Waals surface area contributed by atoms with Crippen molar-refractivity contribution in [2.24, 2.45) is 17.8 Å². The van der Waals surface area contributed by atoms with Crippen molar-refractivity contribution < 1.29 is 18.0 Å². The van der Waals surface area contributed by atoms with Crippen LogP contribution in [0, 0.1) is 17.8 Å². The maximum Gasteiger partial charge on any atom is 0.453 e. The summed E-state index contributed by atoms with van der Waals surface area (Å²) in [4.78, 5) is 16.8. The van der Waals surface area contributed by atoms with E-state index in [1.807, 2.05) is 9.80 Å². The number of alkyl halides is 3. The average Bonchev–Trinajstić information content (AvgIpc) is 3.10. The highest BCUT2D eigenvalue weighted by atomic mass is 19.4. The first kappa shape index (κ1) is 19.9. The van der Waals surface area contributed by atoms with Crippen LogP contribution in [-0.4, -0.2) is 56.8 Å². The monoisotopic (exact) mass is 410 g/mol. The van der Waals surface area contributed by atoms with E-state index in [1.54, 1.807) is 6.07 Å². The van der Waals surface area contributed by atoms with Gasteiger partial charge in [0.15, 0.2) is 5.65 Å². The Balaban J connectivity index is 1.44. The van der Waals surface area contributed by atoms with E-state index in [-0.39, 0.29) is 17.5 Å². The molecule has 2 aromatic rings. The Hall–Kier alpha value is -2.39. The van der Waals surface area contributed by atoms with Gasteiger partial charge < -0.3 is 9.80 Å². The van der Waals surface area contributed by atoms with E-state index in [0.717, 1.165) is 24.0 Å². The number of fused-ring (bicyclic) bond motifs is 1. The number of nitrogens with zero attached hydrogens (tertiary/aromatic N) is 6. The van der Waals surface area contributed by atoms with Gasteiger partial charge in [-0.15, -0.1) is 15.3 Å². The van der Waals surface area contributed by atoms with Gasteiger partial charge in [0.1, 0.15) is 5.82 Å². The molecule has 0 bridgehead atoms. The van der Waals surface area contributed by atoms with Gasteiger partial charge in [0.05, 0.1) is 0 Å². The Kier molecular flexibility index (Phi) is 5.12. The van der Waals surface area contributed by atoms with Crippen LogP contribution in [0.15, 0.2) is 12.1 Å². The normalized spacial score (nSPS) is 24.3. The van der Waals surface area contributed by atoms with Crippen LogP contribution in [-0.2, 0) is 11.0 Å². The molecule has 29 heavy (non-hydrogen) atoms. The number of likely N-dealkylation sites (tertiary alicyclic amines) is 1. The summed E-state index contributed by atoms with van der Waals surface area (Å²) in [5, 5.41) is 10.8. The lowest BCUT2D eigenvalue weighted by molar-refractivity contribution is -0.146. The molecular formula is C19H25F3N6O. The summed E-state index contributed by atoms with van der Waals surface area (Å²) in [7, 11) is 0. The fraction of sp³-hybridized carbons (Fsp3) is 0.684. The van der Waals surface area contributed by atoms with Gasteiger partial charge in [-0.3, -0.25) is 4.79 Å². The quantitative estimate of drug-likeness (QED) is 0.762. The van der Waals surface area contributed by atoms with Crippen LogP contribution in [0.3, 0.4) is 0 Å². The van der Waals surface area contributed by atoms with E-state index < -0.39 is 12.0 Å².